The molecule has 2 fully saturated rings. The van der Waals surface area contributed by atoms with Crippen molar-refractivity contribution in [2.24, 2.45) is 5.92 Å². The number of hydrogen-bond donors (Lipinski definition) is 2. The third kappa shape index (κ3) is 4.29. The summed E-state index contributed by atoms with van der Waals surface area (Å²) in [6.45, 7) is 2.59. The number of piperidine rings is 1. The standard InChI is InChI=1S/C17H27N3OS/c21-17(14-7-4-9-18-11-14)19-10-8-16-20-15(12-22-16)13-5-2-1-3-6-13/h12-14,18H,1-11H2,(H,19,21). The number of aromatic nitrogens is 1. The van der Waals surface area contributed by atoms with Crippen LogP contribution in [0.25, 0.3) is 0 Å². The molecule has 4 nitrogen and oxygen atoms in total. The van der Waals surface area contributed by atoms with Crippen molar-refractivity contribution in [3.8, 4) is 0 Å². The van der Waals surface area contributed by atoms with Crippen LogP contribution in [0, 0.1) is 5.92 Å². The first-order valence-electron chi connectivity index (χ1n) is 8.75. The minimum absolute atomic E-state index is 0.155. The van der Waals surface area contributed by atoms with Crippen molar-refractivity contribution in [1.29, 1.82) is 0 Å². The van der Waals surface area contributed by atoms with Gasteiger partial charge in [-0.15, -0.1) is 11.3 Å². The Bertz CT molecular complexity index is 476. The highest BCUT2D eigenvalue weighted by atomic mass is 32.1. The van der Waals surface area contributed by atoms with E-state index < -0.39 is 0 Å². The topological polar surface area (TPSA) is 54.0 Å². The van der Waals surface area contributed by atoms with Gasteiger partial charge in [-0.1, -0.05) is 19.3 Å². The highest BCUT2D eigenvalue weighted by Crippen LogP contribution is 2.33. The Balaban J connectivity index is 1.41. The molecule has 1 aromatic heterocycles. The maximum absolute atomic E-state index is 12.1. The third-order valence-corrected chi connectivity index (χ3v) is 5.83. The molecule has 1 saturated carbocycles. The molecule has 1 aromatic rings. The van der Waals surface area contributed by atoms with Gasteiger partial charge in [-0.3, -0.25) is 4.79 Å². The molecule has 122 valence electrons. The smallest absolute Gasteiger partial charge is 0.224 e. The summed E-state index contributed by atoms with van der Waals surface area (Å²) in [5.41, 5.74) is 1.29. The van der Waals surface area contributed by atoms with Gasteiger partial charge in [0.25, 0.3) is 0 Å². The van der Waals surface area contributed by atoms with Crippen molar-refractivity contribution >= 4 is 17.2 Å². The van der Waals surface area contributed by atoms with Crippen molar-refractivity contribution in [1.82, 2.24) is 15.6 Å². The van der Waals surface area contributed by atoms with E-state index in [1.807, 2.05) is 0 Å². The second-order valence-corrected chi connectivity index (χ2v) is 7.53. The Morgan fingerprint density at radius 1 is 1.27 bits per heavy atom. The van der Waals surface area contributed by atoms with Crippen molar-refractivity contribution in [3.63, 3.8) is 0 Å². The van der Waals surface area contributed by atoms with Crippen LogP contribution < -0.4 is 10.6 Å². The van der Waals surface area contributed by atoms with Gasteiger partial charge in [0.05, 0.1) is 16.6 Å². The first kappa shape index (κ1) is 15.9. The molecule has 1 unspecified atom stereocenters. The Morgan fingerprint density at radius 3 is 2.91 bits per heavy atom. The van der Waals surface area contributed by atoms with Crippen LogP contribution in [0.2, 0.25) is 0 Å². The summed E-state index contributed by atoms with van der Waals surface area (Å²) in [7, 11) is 0. The number of thiazole rings is 1. The molecule has 0 aromatic carbocycles. The number of carbonyl (C=O) groups excluding carboxylic acids is 1. The molecule has 2 heterocycles. The Kier molecular flexibility index (Phi) is 5.84. The van der Waals surface area contributed by atoms with Crippen LogP contribution in [0.4, 0.5) is 0 Å². The fourth-order valence-corrected chi connectivity index (χ4v) is 4.42. The van der Waals surface area contributed by atoms with Gasteiger partial charge in [-0.2, -0.15) is 0 Å². The van der Waals surface area contributed by atoms with Gasteiger partial charge in [0, 0.05) is 30.8 Å². The lowest BCUT2D eigenvalue weighted by atomic mass is 9.87. The lowest BCUT2D eigenvalue weighted by Gasteiger charge is -2.21. The van der Waals surface area contributed by atoms with Gasteiger partial charge in [0.2, 0.25) is 5.91 Å². The second-order valence-electron chi connectivity index (χ2n) is 6.59. The lowest BCUT2D eigenvalue weighted by molar-refractivity contribution is -0.125. The molecule has 3 rings (SSSR count). The first-order chi connectivity index (χ1) is 10.8. The highest BCUT2D eigenvalue weighted by Gasteiger charge is 2.21. The maximum Gasteiger partial charge on any atom is 0.224 e. The van der Waals surface area contributed by atoms with E-state index in [0.29, 0.717) is 12.5 Å². The number of nitrogens with one attached hydrogen (secondary N) is 2. The normalized spacial score (nSPS) is 23.4. The van der Waals surface area contributed by atoms with Gasteiger partial charge < -0.3 is 10.6 Å². The summed E-state index contributed by atoms with van der Waals surface area (Å²) in [6, 6.07) is 0. The number of hydrogen-bond acceptors (Lipinski definition) is 4. The van der Waals surface area contributed by atoms with Crippen LogP contribution in [-0.4, -0.2) is 30.5 Å². The summed E-state index contributed by atoms with van der Waals surface area (Å²) in [5.74, 6) is 1.04. The van der Waals surface area contributed by atoms with Crippen molar-refractivity contribution < 1.29 is 4.79 Å². The summed E-state index contributed by atoms with van der Waals surface area (Å²) >= 11 is 1.76. The number of amides is 1. The Morgan fingerprint density at radius 2 is 2.14 bits per heavy atom. The van der Waals surface area contributed by atoms with E-state index in [0.717, 1.165) is 32.4 Å². The second kappa shape index (κ2) is 8.06. The van der Waals surface area contributed by atoms with Crippen LogP contribution >= 0.6 is 11.3 Å². The van der Waals surface area contributed by atoms with Crippen LogP contribution in [0.15, 0.2) is 5.38 Å². The third-order valence-electron chi connectivity index (χ3n) is 4.90. The molecule has 2 N–H and O–H groups in total. The van der Waals surface area contributed by atoms with Gasteiger partial charge in [-0.05, 0) is 32.2 Å². The molecule has 1 atom stereocenters. The molecule has 1 amide bonds. The predicted molar refractivity (Wildman–Crippen MR) is 90.2 cm³/mol. The van der Waals surface area contributed by atoms with Gasteiger partial charge in [0.1, 0.15) is 0 Å². The molecule has 0 radical (unpaired) electrons. The predicted octanol–water partition coefficient (Wildman–Crippen LogP) is 2.85. The van der Waals surface area contributed by atoms with Gasteiger partial charge in [0.15, 0.2) is 0 Å². The number of carbonyl (C=O) groups is 1. The van der Waals surface area contributed by atoms with E-state index in [4.69, 9.17) is 4.98 Å². The molecule has 22 heavy (non-hydrogen) atoms. The highest BCUT2D eigenvalue weighted by molar-refractivity contribution is 7.09. The van der Waals surface area contributed by atoms with E-state index in [-0.39, 0.29) is 11.8 Å². The van der Waals surface area contributed by atoms with E-state index in [1.165, 1.54) is 42.8 Å². The van der Waals surface area contributed by atoms with E-state index >= 15 is 0 Å². The van der Waals surface area contributed by atoms with Crippen LogP contribution in [-0.2, 0) is 11.2 Å². The molecule has 1 saturated heterocycles. The van der Waals surface area contributed by atoms with Gasteiger partial charge >= 0.3 is 0 Å². The fraction of sp³-hybridized carbons (Fsp3) is 0.765. The minimum Gasteiger partial charge on any atom is -0.355 e. The molecule has 1 aliphatic heterocycles. The maximum atomic E-state index is 12.1. The van der Waals surface area contributed by atoms with E-state index in [2.05, 4.69) is 16.0 Å². The monoisotopic (exact) mass is 321 g/mol. The summed E-state index contributed by atoms with van der Waals surface area (Å²) < 4.78 is 0. The first-order valence-corrected chi connectivity index (χ1v) is 9.63. The molecule has 5 heteroatoms. The molecule has 0 bridgehead atoms. The zero-order valence-corrected chi connectivity index (χ0v) is 14.1. The van der Waals surface area contributed by atoms with E-state index in [1.54, 1.807) is 11.3 Å². The fourth-order valence-electron chi connectivity index (χ4n) is 3.54. The molecular weight excluding hydrogens is 294 g/mol. The zero-order chi connectivity index (χ0) is 15.2. The Hall–Kier alpha value is -0.940. The van der Waals surface area contributed by atoms with Crippen LogP contribution in [0.1, 0.15) is 61.6 Å². The minimum atomic E-state index is 0.155. The lowest BCUT2D eigenvalue weighted by Crippen LogP contribution is -2.41. The largest absolute Gasteiger partial charge is 0.355 e. The van der Waals surface area contributed by atoms with Crippen LogP contribution in [0.3, 0.4) is 0 Å². The summed E-state index contributed by atoms with van der Waals surface area (Å²) in [5, 5.41) is 9.77. The number of rotatable bonds is 5. The van der Waals surface area contributed by atoms with Crippen molar-refractivity contribution in [2.75, 3.05) is 19.6 Å². The molecular formula is C17H27N3OS. The Labute approximate surface area is 137 Å². The SMILES string of the molecule is O=C(NCCc1nc(C2CCCCC2)cs1)C1CCCNC1. The summed E-state index contributed by atoms with van der Waals surface area (Å²) in [4.78, 5) is 16.9. The van der Waals surface area contributed by atoms with Crippen LogP contribution in [0.5, 0.6) is 0 Å². The average Bonchev–Trinajstić information content (AvgIpc) is 3.05. The molecule has 1 aliphatic carbocycles. The zero-order valence-electron chi connectivity index (χ0n) is 13.3. The number of nitrogens with zero attached hydrogens (tertiary/aromatic N) is 1. The quantitative estimate of drug-likeness (QED) is 0.877. The van der Waals surface area contributed by atoms with Gasteiger partial charge in [-0.25, -0.2) is 4.98 Å². The molecule has 0 spiro atoms. The molecule has 2 aliphatic rings. The van der Waals surface area contributed by atoms with Crippen molar-refractivity contribution in [2.45, 2.75) is 57.3 Å². The summed E-state index contributed by atoms with van der Waals surface area (Å²) in [6.07, 6.45) is 9.67. The average molecular weight is 321 g/mol. The van der Waals surface area contributed by atoms with E-state index in [9.17, 15) is 4.79 Å². The van der Waals surface area contributed by atoms with Crippen molar-refractivity contribution in [3.05, 3.63) is 16.1 Å².